The van der Waals surface area contributed by atoms with Gasteiger partial charge in [0.2, 0.25) is 0 Å². The van der Waals surface area contributed by atoms with Crippen LogP contribution in [-0.2, 0) is 5.75 Å². The molecule has 0 aliphatic carbocycles. The van der Waals surface area contributed by atoms with E-state index in [1.165, 1.54) is 12.8 Å². The molecule has 0 radical (unpaired) electrons. The van der Waals surface area contributed by atoms with Crippen molar-refractivity contribution >= 4 is 17.7 Å². The van der Waals surface area contributed by atoms with Gasteiger partial charge < -0.3 is 9.84 Å². The summed E-state index contributed by atoms with van der Waals surface area (Å²) in [6, 6.07) is 3.98. The Morgan fingerprint density at radius 3 is 3.00 bits per heavy atom. The van der Waals surface area contributed by atoms with Gasteiger partial charge in [0, 0.05) is 36.6 Å². The molecular formula is C21H30N4O2S. The molecule has 152 valence electrons. The molecule has 1 saturated heterocycles. The lowest BCUT2D eigenvalue weighted by Gasteiger charge is -2.35. The normalized spacial score (nSPS) is 18.8. The first kappa shape index (κ1) is 20.9. The van der Waals surface area contributed by atoms with Crippen LogP contribution in [0.2, 0.25) is 0 Å². The SMILES string of the molecule is Cc1noc(C)c1CSc1ncccc1C(=O)NC[C@@H](C)N1CCC[C@H](C)C1. The summed E-state index contributed by atoms with van der Waals surface area (Å²) in [7, 11) is 0. The molecule has 2 aromatic heterocycles. The van der Waals surface area contributed by atoms with Crippen molar-refractivity contribution in [2.24, 2.45) is 5.92 Å². The van der Waals surface area contributed by atoms with Crippen LogP contribution in [0.1, 0.15) is 54.1 Å². The van der Waals surface area contributed by atoms with Gasteiger partial charge >= 0.3 is 0 Å². The van der Waals surface area contributed by atoms with Gasteiger partial charge in [-0.3, -0.25) is 9.69 Å². The zero-order valence-corrected chi connectivity index (χ0v) is 18.0. The third-order valence-corrected chi connectivity index (χ3v) is 6.45. The van der Waals surface area contributed by atoms with Crippen LogP contribution in [-0.4, -0.2) is 46.6 Å². The third-order valence-electron chi connectivity index (χ3n) is 5.42. The highest BCUT2D eigenvalue weighted by Crippen LogP contribution is 2.27. The Bertz CT molecular complexity index is 788. The van der Waals surface area contributed by atoms with E-state index in [1.54, 1.807) is 18.0 Å². The maximum atomic E-state index is 12.8. The van der Waals surface area contributed by atoms with Gasteiger partial charge in [-0.2, -0.15) is 0 Å². The first-order valence-corrected chi connectivity index (χ1v) is 11.0. The maximum absolute atomic E-state index is 12.8. The van der Waals surface area contributed by atoms with E-state index in [9.17, 15) is 4.79 Å². The lowest BCUT2D eigenvalue weighted by Crippen LogP contribution is -2.46. The Morgan fingerprint density at radius 1 is 1.46 bits per heavy atom. The Balaban J connectivity index is 1.59. The molecule has 0 aromatic carbocycles. The molecule has 1 aliphatic rings. The topological polar surface area (TPSA) is 71.3 Å². The highest BCUT2D eigenvalue weighted by atomic mass is 32.2. The van der Waals surface area contributed by atoms with Gasteiger partial charge in [-0.05, 0) is 58.2 Å². The van der Waals surface area contributed by atoms with E-state index >= 15 is 0 Å². The van der Waals surface area contributed by atoms with E-state index in [1.807, 2.05) is 26.0 Å². The molecule has 3 heterocycles. The van der Waals surface area contributed by atoms with Gasteiger partial charge in [-0.1, -0.05) is 12.1 Å². The molecule has 2 aromatic rings. The second-order valence-corrected chi connectivity index (χ2v) is 8.71. The highest BCUT2D eigenvalue weighted by molar-refractivity contribution is 7.98. The molecule has 0 unspecified atom stereocenters. The molecule has 0 saturated carbocycles. The number of pyridine rings is 1. The largest absolute Gasteiger partial charge is 0.361 e. The predicted molar refractivity (Wildman–Crippen MR) is 112 cm³/mol. The van der Waals surface area contributed by atoms with E-state index in [2.05, 4.69) is 34.2 Å². The van der Waals surface area contributed by atoms with Crippen molar-refractivity contribution in [3.63, 3.8) is 0 Å². The predicted octanol–water partition coefficient (Wildman–Crippen LogP) is 3.83. The molecule has 6 nitrogen and oxygen atoms in total. The number of aryl methyl sites for hydroxylation is 2. The van der Waals surface area contributed by atoms with Crippen LogP contribution in [0.5, 0.6) is 0 Å². The molecule has 1 amide bonds. The van der Waals surface area contributed by atoms with Crippen LogP contribution in [0.3, 0.4) is 0 Å². The Kier molecular flexibility index (Phi) is 7.13. The fourth-order valence-corrected chi connectivity index (χ4v) is 4.76. The zero-order chi connectivity index (χ0) is 20.1. The lowest BCUT2D eigenvalue weighted by atomic mass is 9.99. The molecule has 1 aliphatic heterocycles. The molecule has 3 rings (SSSR count). The third kappa shape index (κ3) is 5.14. The highest BCUT2D eigenvalue weighted by Gasteiger charge is 2.22. The number of hydrogen-bond donors (Lipinski definition) is 1. The summed E-state index contributed by atoms with van der Waals surface area (Å²) in [5.41, 5.74) is 2.57. The van der Waals surface area contributed by atoms with E-state index in [4.69, 9.17) is 4.52 Å². The molecule has 28 heavy (non-hydrogen) atoms. The fourth-order valence-electron chi connectivity index (χ4n) is 3.62. The van der Waals surface area contributed by atoms with Gasteiger partial charge in [0.1, 0.15) is 10.8 Å². The molecule has 1 N–H and O–H groups in total. The van der Waals surface area contributed by atoms with E-state index < -0.39 is 0 Å². The van der Waals surface area contributed by atoms with Crippen molar-refractivity contribution < 1.29 is 9.32 Å². The average molecular weight is 403 g/mol. The summed E-state index contributed by atoms with van der Waals surface area (Å²) in [6.45, 7) is 11.2. The van der Waals surface area contributed by atoms with E-state index in [0.29, 0.717) is 23.9 Å². The van der Waals surface area contributed by atoms with Crippen LogP contribution in [0.15, 0.2) is 27.9 Å². The van der Waals surface area contributed by atoms with Crippen LogP contribution >= 0.6 is 11.8 Å². The molecule has 0 spiro atoms. The number of likely N-dealkylation sites (tertiary alicyclic amines) is 1. The van der Waals surface area contributed by atoms with Crippen molar-refractivity contribution in [3.05, 3.63) is 40.9 Å². The summed E-state index contributed by atoms with van der Waals surface area (Å²) in [5.74, 6) is 2.17. The number of nitrogens with zero attached hydrogens (tertiary/aromatic N) is 3. The van der Waals surface area contributed by atoms with Gasteiger partial charge in [-0.15, -0.1) is 11.8 Å². The Morgan fingerprint density at radius 2 is 2.29 bits per heavy atom. The number of hydrogen-bond acceptors (Lipinski definition) is 6. The standard InChI is InChI=1S/C21H30N4O2S/c1-14-7-6-10-25(12-14)15(2)11-23-20(26)18-8-5-9-22-21(18)28-13-19-16(3)24-27-17(19)4/h5,8-9,14-15H,6-7,10-13H2,1-4H3,(H,23,26)/t14-,15+/m0/s1. The second kappa shape index (κ2) is 9.56. The molecule has 0 bridgehead atoms. The summed E-state index contributed by atoms with van der Waals surface area (Å²) in [6.07, 6.45) is 4.27. The molecule has 2 atom stereocenters. The number of carbonyl (C=O) groups is 1. The number of rotatable bonds is 7. The number of aromatic nitrogens is 2. The van der Waals surface area contributed by atoms with Crippen LogP contribution < -0.4 is 5.32 Å². The zero-order valence-electron chi connectivity index (χ0n) is 17.2. The first-order valence-electron chi connectivity index (χ1n) is 9.97. The fraction of sp³-hybridized carbons (Fsp3) is 0.571. The lowest BCUT2D eigenvalue weighted by molar-refractivity contribution is 0.0914. The molecule has 7 heteroatoms. The van der Waals surface area contributed by atoms with E-state index in [-0.39, 0.29) is 5.91 Å². The number of amides is 1. The summed E-state index contributed by atoms with van der Waals surface area (Å²) < 4.78 is 5.22. The quantitative estimate of drug-likeness (QED) is 0.710. The van der Waals surface area contributed by atoms with Gasteiger partial charge in [0.15, 0.2) is 0 Å². The number of thioether (sulfide) groups is 1. The molecule has 1 fully saturated rings. The summed E-state index contributed by atoms with van der Waals surface area (Å²) in [4.78, 5) is 19.7. The minimum Gasteiger partial charge on any atom is -0.361 e. The van der Waals surface area contributed by atoms with E-state index in [0.717, 1.165) is 41.1 Å². The van der Waals surface area contributed by atoms with Gasteiger partial charge in [-0.25, -0.2) is 4.98 Å². The van der Waals surface area contributed by atoms with Crippen molar-refractivity contribution in [3.8, 4) is 0 Å². The van der Waals surface area contributed by atoms with Crippen molar-refractivity contribution in [2.75, 3.05) is 19.6 Å². The van der Waals surface area contributed by atoms with Crippen molar-refractivity contribution in [1.29, 1.82) is 0 Å². The minimum absolute atomic E-state index is 0.0636. The Hall–Kier alpha value is -1.86. The number of piperidine rings is 1. The van der Waals surface area contributed by atoms with Crippen LogP contribution in [0, 0.1) is 19.8 Å². The monoisotopic (exact) mass is 402 g/mol. The second-order valence-electron chi connectivity index (χ2n) is 7.75. The van der Waals surface area contributed by atoms with Crippen LogP contribution in [0.25, 0.3) is 0 Å². The maximum Gasteiger partial charge on any atom is 0.254 e. The smallest absolute Gasteiger partial charge is 0.254 e. The minimum atomic E-state index is -0.0636. The summed E-state index contributed by atoms with van der Waals surface area (Å²) in [5, 5.41) is 7.83. The number of nitrogens with one attached hydrogen (secondary N) is 1. The number of carbonyl (C=O) groups excluding carboxylic acids is 1. The Labute approximate surface area is 171 Å². The first-order chi connectivity index (χ1) is 13.5. The summed E-state index contributed by atoms with van der Waals surface area (Å²) >= 11 is 1.54. The van der Waals surface area contributed by atoms with Crippen molar-refractivity contribution in [2.45, 2.75) is 57.4 Å². The van der Waals surface area contributed by atoms with Crippen LogP contribution in [0.4, 0.5) is 0 Å². The van der Waals surface area contributed by atoms with Gasteiger partial charge in [0.25, 0.3) is 5.91 Å². The van der Waals surface area contributed by atoms with Gasteiger partial charge in [0.05, 0.1) is 11.3 Å². The average Bonchev–Trinajstić information content (AvgIpc) is 3.02. The molecular weight excluding hydrogens is 372 g/mol. The van der Waals surface area contributed by atoms with Crippen molar-refractivity contribution in [1.82, 2.24) is 20.4 Å².